The summed E-state index contributed by atoms with van der Waals surface area (Å²) in [7, 11) is 1.91. The van der Waals surface area contributed by atoms with E-state index < -0.39 is 11.6 Å². The molecule has 0 saturated carbocycles. The van der Waals surface area contributed by atoms with E-state index in [0.717, 1.165) is 32.5 Å². The van der Waals surface area contributed by atoms with E-state index in [0.29, 0.717) is 11.5 Å². The molecule has 1 aliphatic heterocycles. The van der Waals surface area contributed by atoms with Crippen molar-refractivity contribution >= 4 is 0 Å². The van der Waals surface area contributed by atoms with Crippen molar-refractivity contribution in [2.45, 2.75) is 25.8 Å². The molecule has 1 aromatic rings. The summed E-state index contributed by atoms with van der Waals surface area (Å²) in [6.45, 7) is 4.72. The number of piperidine rings is 1. The molecule has 4 heteroatoms. The van der Waals surface area contributed by atoms with Gasteiger partial charge >= 0.3 is 0 Å². The SMILES string of the molecule is CCN1CCCC(CNC)C1c1cccc(F)c1F. The lowest BCUT2D eigenvalue weighted by atomic mass is 9.84. The maximum absolute atomic E-state index is 14.1. The zero-order chi connectivity index (χ0) is 13.8. The smallest absolute Gasteiger partial charge is 0.163 e. The van der Waals surface area contributed by atoms with Crippen LogP contribution in [0.4, 0.5) is 8.78 Å². The third kappa shape index (κ3) is 2.95. The van der Waals surface area contributed by atoms with Crippen molar-refractivity contribution < 1.29 is 8.78 Å². The van der Waals surface area contributed by atoms with Crippen LogP contribution in [-0.2, 0) is 0 Å². The van der Waals surface area contributed by atoms with E-state index in [4.69, 9.17) is 0 Å². The molecule has 0 radical (unpaired) electrons. The standard InChI is InChI=1S/C15H22F2N2/c1-3-19-9-5-6-11(10-18-2)15(19)12-7-4-8-13(16)14(12)17/h4,7-8,11,15,18H,3,5-6,9-10H2,1-2H3. The first-order valence-corrected chi connectivity index (χ1v) is 7.01. The number of halogens is 2. The van der Waals surface area contributed by atoms with Crippen molar-refractivity contribution in [3.05, 3.63) is 35.4 Å². The molecule has 1 fully saturated rings. The first-order valence-electron chi connectivity index (χ1n) is 7.01. The minimum atomic E-state index is -0.748. The van der Waals surface area contributed by atoms with Gasteiger partial charge in [-0.05, 0) is 51.5 Å². The van der Waals surface area contributed by atoms with Crippen LogP contribution in [0.25, 0.3) is 0 Å². The number of hydrogen-bond donors (Lipinski definition) is 1. The van der Waals surface area contributed by atoms with Crippen LogP contribution in [0.2, 0.25) is 0 Å². The molecule has 0 aliphatic carbocycles. The van der Waals surface area contributed by atoms with Crippen LogP contribution in [0.5, 0.6) is 0 Å². The molecule has 2 atom stereocenters. The lowest BCUT2D eigenvalue weighted by Gasteiger charge is -2.41. The van der Waals surface area contributed by atoms with Crippen molar-refractivity contribution in [1.29, 1.82) is 0 Å². The Morgan fingerprint density at radius 1 is 1.37 bits per heavy atom. The highest BCUT2D eigenvalue weighted by atomic mass is 19.2. The maximum Gasteiger partial charge on any atom is 0.163 e. The summed E-state index contributed by atoms with van der Waals surface area (Å²) in [6.07, 6.45) is 2.17. The second-order valence-corrected chi connectivity index (χ2v) is 5.18. The fourth-order valence-corrected chi connectivity index (χ4v) is 3.18. The Morgan fingerprint density at radius 3 is 2.84 bits per heavy atom. The van der Waals surface area contributed by atoms with Gasteiger partial charge in [-0.1, -0.05) is 19.1 Å². The summed E-state index contributed by atoms with van der Waals surface area (Å²) < 4.78 is 27.6. The number of rotatable bonds is 4. The molecule has 2 rings (SSSR count). The summed E-state index contributed by atoms with van der Waals surface area (Å²) in [6, 6.07) is 4.49. The third-order valence-corrected chi connectivity index (χ3v) is 4.03. The third-order valence-electron chi connectivity index (χ3n) is 4.03. The molecular formula is C15H22F2N2. The minimum absolute atomic E-state index is 0.0260. The second kappa shape index (κ2) is 6.44. The molecule has 0 bridgehead atoms. The molecule has 1 aliphatic rings. The van der Waals surface area contributed by atoms with E-state index in [9.17, 15) is 8.78 Å². The fraction of sp³-hybridized carbons (Fsp3) is 0.600. The van der Waals surface area contributed by atoms with Crippen molar-refractivity contribution in [3.63, 3.8) is 0 Å². The van der Waals surface area contributed by atoms with Crippen molar-refractivity contribution in [2.24, 2.45) is 5.92 Å². The first-order chi connectivity index (χ1) is 9.19. The van der Waals surface area contributed by atoms with Crippen LogP contribution >= 0.6 is 0 Å². The van der Waals surface area contributed by atoms with Gasteiger partial charge in [0.05, 0.1) is 0 Å². The number of nitrogens with zero attached hydrogens (tertiary/aromatic N) is 1. The Balaban J connectivity index is 2.36. The van der Waals surface area contributed by atoms with E-state index >= 15 is 0 Å². The van der Waals surface area contributed by atoms with Gasteiger partial charge in [0.25, 0.3) is 0 Å². The molecule has 0 spiro atoms. The number of nitrogens with one attached hydrogen (secondary N) is 1. The quantitative estimate of drug-likeness (QED) is 0.903. The van der Waals surface area contributed by atoms with Gasteiger partial charge in [0.1, 0.15) is 0 Å². The van der Waals surface area contributed by atoms with Gasteiger partial charge in [0, 0.05) is 11.6 Å². The Labute approximate surface area is 113 Å². The maximum atomic E-state index is 14.1. The van der Waals surface area contributed by atoms with Gasteiger partial charge in [-0.25, -0.2) is 8.78 Å². The predicted molar refractivity (Wildman–Crippen MR) is 73.0 cm³/mol. The van der Waals surface area contributed by atoms with Crippen LogP contribution in [0.3, 0.4) is 0 Å². The lowest BCUT2D eigenvalue weighted by molar-refractivity contribution is 0.0949. The summed E-state index contributed by atoms with van der Waals surface area (Å²) >= 11 is 0. The fourth-order valence-electron chi connectivity index (χ4n) is 3.18. The molecule has 19 heavy (non-hydrogen) atoms. The predicted octanol–water partition coefficient (Wildman–Crippen LogP) is 2.96. The molecule has 1 heterocycles. The van der Waals surface area contributed by atoms with Crippen molar-refractivity contribution in [3.8, 4) is 0 Å². The summed E-state index contributed by atoms with van der Waals surface area (Å²) in [4.78, 5) is 2.25. The van der Waals surface area contributed by atoms with Crippen LogP contribution in [-0.4, -0.2) is 31.6 Å². The largest absolute Gasteiger partial charge is 0.319 e. The number of likely N-dealkylation sites (tertiary alicyclic amines) is 1. The Hall–Kier alpha value is -1.00. The van der Waals surface area contributed by atoms with Crippen LogP contribution < -0.4 is 5.32 Å². The number of hydrogen-bond acceptors (Lipinski definition) is 2. The zero-order valence-corrected chi connectivity index (χ0v) is 11.6. The zero-order valence-electron chi connectivity index (χ0n) is 11.6. The van der Waals surface area contributed by atoms with Crippen molar-refractivity contribution in [1.82, 2.24) is 10.2 Å². The topological polar surface area (TPSA) is 15.3 Å². The summed E-state index contributed by atoms with van der Waals surface area (Å²) in [5.74, 6) is -1.11. The molecule has 1 aromatic carbocycles. The van der Waals surface area contributed by atoms with E-state index in [1.165, 1.54) is 6.07 Å². The molecule has 2 nitrogen and oxygen atoms in total. The Kier molecular flexibility index (Phi) is 4.88. The molecule has 106 valence electrons. The first kappa shape index (κ1) is 14.4. The molecule has 1 saturated heterocycles. The van der Waals surface area contributed by atoms with Gasteiger partial charge in [-0.15, -0.1) is 0 Å². The van der Waals surface area contributed by atoms with Crippen LogP contribution in [0.15, 0.2) is 18.2 Å². The summed E-state index contributed by atoms with van der Waals surface area (Å²) in [5.41, 5.74) is 0.502. The summed E-state index contributed by atoms with van der Waals surface area (Å²) in [5, 5.41) is 3.17. The highest BCUT2D eigenvalue weighted by molar-refractivity contribution is 5.24. The van der Waals surface area contributed by atoms with E-state index in [1.807, 2.05) is 7.05 Å². The van der Waals surface area contributed by atoms with Gasteiger partial charge < -0.3 is 5.32 Å². The van der Waals surface area contributed by atoms with Crippen molar-refractivity contribution in [2.75, 3.05) is 26.7 Å². The molecular weight excluding hydrogens is 246 g/mol. The highest BCUT2D eigenvalue weighted by Crippen LogP contribution is 2.37. The highest BCUT2D eigenvalue weighted by Gasteiger charge is 2.33. The normalized spacial score (nSPS) is 24.6. The van der Waals surface area contributed by atoms with Gasteiger partial charge in [-0.2, -0.15) is 0 Å². The van der Waals surface area contributed by atoms with Gasteiger partial charge in [0.15, 0.2) is 11.6 Å². The molecule has 0 aromatic heterocycles. The lowest BCUT2D eigenvalue weighted by Crippen LogP contribution is -2.42. The van der Waals surface area contributed by atoms with Gasteiger partial charge in [0.2, 0.25) is 0 Å². The Bertz CT molecular complexity index is 421. The van der Waals surface area contributed by atoms with E-state index in [1.54, 1.807) is 12.1 Å². The van der Waals surface area contributed by atoms with Gasteiger partial charge in [-0.3, -0.25) is 4.90 Å². The average Bonchev–Trinajstić information content (AvgIpc) is 2.42. The molecule has 2 unspecified atom stereocenters. The van der Waals surface area contributed by atoms with Crippen LogP contribution in [0, 0.1) is 17.6 Å². The Morgan fingerprint density at radius 2 is 2.16 bits per heavy atom. The molecule has 1 N–H and O–H groups in total. The number of benzene rings is 1. The second-order valence-electron chi connectivity index (χ2n) is 5.18. The van der Waals surface area contributed by atoms with E-state index in [-0.39, 0.29) is 6.04 Å². The minimum Gasteiger partial charge on any atom is -0.319 e. The van der Waals surface area contributed by atoms with E-state index in [2.05, 4.69) is 17.1 Å². The monoisotopic (exact) mass is 268 g/mol. The van der Waals surface area contributed by atoms with Crippen LogP contribution in [0.1, 0.15) is 31.4 Å². The average molecular weight is 268 g/mol. The molecule has 0 amide bonds.